The normalized spacial score (nSPS) is 10.6. The molecule has 1 amide bonds. The van der Waals surface area contributed by atoms with Crippen molar-refractivity contribution in [1.82, 2.24) is 0 Å². The molecule has 0 unspecified atom stereocenters. The van der Waals surface area contributed by atoms with E-state index < -0.39 is 5.97 Å². The van der Waals surface area contributed by atoms with Crippen molar-refractivity contribution in [2.75, 3.05) is 12.4 Å². The van der Waals surface area contributed by atoms with E-state index in [1.165, 1.54) is 11.3 Å². The first kappa shape index (κ1) is 21.3. The molecule has 0 radical (unpaired) electrons. The molecular weight excluding hydrogens is 422 g/mol. The van der Waals surface area contributed by atoms with Crippen molar-refractivity contribution >= 4 is 28.9 Å². The summed E-state index contributed by atoms with van der Waals surface area (Å²) in [5, 5.41) is 12.2. The van der Waals surface area contributed by atoms with Crippen LogP contribution in [0.5, 0.6) is 5.75 Å². The molecule has 0 saturated carbocycles. The SMILES string of the molecule is COc1cc(C)ccc1-c1cccc(C(=O)Nc2ccccc2-c2ccc(C(=O)O)s2)c1. The van der Waals surface area contributed by atoms with Crippen molar-refractivity contribution < 1.29 is 19.4 Å². The van der Waals surface area contributed by atoms with Gasteiger partial charge in [0.2, 0.25) is 0 Å². The highest BCUT2D eigenvalue weighted by atomic mass is 32.1. The van der Waals surface area contributed by atoms with Crippen LogP contribution in [0.4, 0.5) is 5.69 Å². The zero-order valence-corrected chi connectivity index (χ0v) is 18.4. The van der Waals surface area contributed by atoms with Crippen LogP contribution in [0.1, 0.15) is 25.6 Å². The second-order valence-corrected chi connectivity index (χ2v) is 8.34. The average Bonchev–Trinajstić information content (AvgIpc) is 3.30. The number of carboxylic acid groups (broad SMARTS) is 1. The lowest BCUT2D eigenvalue weighted by Gasteiger charge is -2.12. The molecule has 0 fully saturated rings. The monoisotopic (exact) mass is 443 g/mol. The van der Waals surface area contributed by atoms with Crippen molar-refractivity contribution in [2.24, 2.45) is 0 Å². The minimum atomic E-state index is -0.967. The van der Waals surface area contributed by atoms with Crippen LogP contribution in [0.25, 0.3) is 21.6 Å². The fourth-order valence-electron chi connectivity index (χ4n) is 3.46. The van der Waals surface area contributed by atoms with Gasteiger partial charge in [-0.1, -0.05) is 42.5 Å². The summed E-state index contributed by atoms with van der Waals surface area (Å²) in [7, 11) is 1.63. The summed E-state index contributed by atoms with van der Waals surface area (Å²) in [6.45, 7) is 2.00. The quantitative estimate of drug-likeness (QED) is 0.364. The lowest BCUT2D eigenvalue weighted by Crippen LogP contribution is -2.12. The van der Waals surface area contributed by atoms with Gasteiger partial charge in [0.15, 0.2) is 0 Å². The molecule has 32 heavy (non-hydrogen) atoms. The van der Waals surface area contributed by atoms with Gasteiger partial charge in [-0.05, 0) is 54.4 Å². The number of hydrogen-bond donors (Lipinski definition) is 2. The van der Waals surface area contributed by atoms with E-state index in [0.29, 0.717) is 11.3 Å². The molecule has 0 spiro atoms. The van der Waals surface area contributed by atoms with Crippen molar-refractivity contribution in [3.8, 4) is 27.3 Å². The summed E-state index contributed by atoms with van der Waals surface area (Å²) in [4.78, 5) is 25.3. The first-order chi connectivity index (χ1) is 15.5. The van der Waals surface area contributed by atoms with Gasteiger partial charge in [0, 0.05) is 27.3 Å². The van der Waals surface area contributed by atoms with E-state index in [2.05, 4.69) is 5.32 Å². The second kappa shape index (κ2) is 9.08. The maximum Gasteiger partial charge on any atom is 0.345 e. The number of methoxy groups -OCH3 is 1. The molecule has 0 aliphatic carbocycles. The van der Waals surface area contributed by atoms with Crippen LogP contribution in [0, 0.1) is 6.92 Å². The highest BCUT2D eigenvalue weighted by Gasteiger charge is 2.15. The van der Waals surface area contributed by atoms with Gasteiger partial charge in [-0.25, -0.2) is 4.79 Å². The standard InChI is InChI=1S/C26H21NO4S/c1-16-10-11-19(22(14-16)31-2)17-6-5-7-18(15-17)25(28)27-21-9-4-3-8-20(21)23-12-13-24(32-23)26(29)30/h3-15H,1-2H3,(H,27,28)(H,29,30). The highest BCUT2D eigenvalue weighted by Crippen LogP contribution is 2.34. The van der Waals surface area contributed by atoms with Crippen LogP contribution < -0.4 is 10.1 Å². The number of carbonyl (C=O) groups excluding carboxylic acids is 1. The van der Waals surface area contributed by atoms with Gasteiger partial charge in [-0.2, -0.15) is 0 Å². The number of carbonyl (C=O) groups is 2. The Morgan fingerprint density at radius 1 is 0.906 bits per heavy atom. The van der Waals surface area contributed by atoms with Crippen LogP contribution in [-0.4, -0.2) is 24.1 Å². The molecule has 5 nitrogen and oxygen atoms in total. The van der Waals surface area contributed by atoms with Crippen molar-refractivity contribution in [3.05, 3.63) is 94.9 Å². The number of ether oxygens (including phenoxy) is 1. The minimum Gasteiger partial charge on any atom is -0.496 e. The summed E-state index contributed by atoms with van der Waals surface area (Å²) in [5.74, 6) is -0.466. The number of nitrogens with one attached hydrogen (secondary N) is 1. The molecule has 1 heterocycles. The number of benzene rings is 3. The van der Waals surface area contributed by atoms with E-state index in [9.17, 15) is 14.7 Å². The Labute approximate surface area is 189 Å². The molecule has 4 aromatic rings. The predicted octanol–water partition coefficient (Wildman–Crippen LogP) is 6.35. The molecule has 0 saturated heterocycles. The third kappa shape index (κ3) is 4.40. The van der Waals surface area contributed by atoms with Crippen molar-refractivity contribution in [1.29, 1.82) is 0 Å². The number of aromatic carboxylic acids is 1. The fraction of sp³-hybridized carbons (Fsp3) is 0.0769. The maximum absolute atomic E-state index is 13.1. The Morgan fingerprint density at radius 3 is 2.47 bits per heavy atom. The third-order valence-electron chi connectivity index (χ3n) is 5.05. The Bertz CT molecular complexity index is 1310. The maximum atomic E-state index is 13.1. The summed E-state index contributed by atoms with van der Waals surface area (Å²) in [6, 6.07) is 24.0. The zero-order chi connectivity index (χ0) is 22.7. The number of thiophene rings is 1. The number of amides is 1. The summed E-state index contributed by atoms with van der Waals surface area (Å²) >= 11 is 1.17. The van der Waals surface area contributed by atoms with E-state index in [-0.39, 0.29) is 10.8 Å². The van der Waals surface area contributed by atoms with E-state index in [1.54, 1.807) is 31.4 Å². The summed E-state index contributed by atoms with van der Waals surface area (Å²) < 4.78 is 5.52. The topological polar surface area (TPSA) is 75.6 Å². The largest absolute Gasteiger partial charge is 0.496 e. The number of aryl methyl sites for hydroxylation is 1. The Kier molecular flexibility index (Phi) is 6.05. The van der Waals surface area contributed by atoms with Crippen LogP contribution in [0.3, 0.4) is 0 Å². The Morgan fingerprint density at radius 2 is 1.72 bits per heavy atom. The van der Waals surface area contributed by atoms with Gasteiger partial charge in [-0.3, -0.25) is 4.79 Å². The molecular formula is C26H21NO4S. The second-order valence-electron chi connectivity index (χ2n) is 7.25. The van der Waals surface area contributed by atoms with Crippen LogP contribution >= 0.6 is 11.3 Å². The lowest BCUT2D eigenvalue weighted by atomic mass is 10.0. The number of rotatable bonds is 6. The lowest BCUT2D eigenvalue weighted by molar-refractivity contribution is 0.0702. The molecule has 2 N–H and O–H groups in total. The minimum absolute atomic E-state index is 0.250. The van der Waals surface area contributed by atoms with Gasteiger partial charge in [0.1, 0.15) is 10.6 Å². The van der Waals surface area contributed by atoms with Gasteiger partial charge in [0.25, 0.3) is 5.91 Å². The number of anilines is 1. The Hall–Kier alpha value is -3.90. The number of para-hydroxylation sites is 1. The third-order valence-corrected chi connectivity index (χ3v) is 6.16. The number of carboxylic acids is 1. The highest BCUT2D eigenvalue weighted by molar-refractivity contribution is 7.17. The molecule has 3 aromatic carbocycles. The Balaban J connectivity index is 1.64. The molecule has 4 rings (SSSR count). The molecule has 6 heteroatoms. The van der Waals surface area contributed by atoms with E-state index in [1.807, 2.05) is 61.5 Å². The van der Waals surface area contributed by atoms with E-state index >= 15 is 0 Å². The van der Waals surface area contributed by atoms with Crippen molar-refractivity contribution in [2.45, 2.75) is 6.92 Å². The van der Waals surface area contributed by atoms with Crippen LogP contribution in [0.15, 0.2) is 78.9 Å². The first-order valence-corrected chi connectivity index (χ1v) is 10.8. The van der Waals surface area contributed by atoms with Gasteiger partial charge < -0.3 is 15.2 Å². The van der Waals surface area contributed by atoms with E-state index in [0.717, 1.165) is 32.9 Å². The summed E-state index contributed by atoms with van der Waals surface area (Å²) in [5.41, 5.74) is 4.79. The van der Waals surface area contributed by atoms with Gasteiger partial charge >= 0.3 is 5.97 Å². The average molecular weight is 444 g/mol. The van der Waals surface area contributed by atoms with Crippen LogP contribution in [0.2, 0.25) is 0 Å². The molecule has 0 aliphatic rings. The van der Waals surface area contributed by atoms with Crippen molar-refractivity contribution in [3.63, 3.8) is 0 Å². The predicted molar refractivity (Wildman–Crippen MR) is 128 cm³/mol. The first-order valence-electron chi connectivity index (χ1n) is 9.95. The zero-order valence-electron chi connectivity index (χ0n) is 17.6. The van der Waals surface area contributed by atoms with Gasteiger partial charge in [0.05, 0.1) is 7.11 Å². The summed E-state index contributed by atoms with van der Waals surface area (Å²) in [6.07, 6.45) is 0. The van der Waals surface area contributed by atoms with Gasteiger partial charge in [-0.15, -0.1) is 11.3 Å². The fourth-order valence-corrected chi connectivity index (χ4v) is 4.35. The molecule has 0 aliphatic heterocycles. The van der Waals surface area contributed by atoms with Crippen LogP contribution in [-0.2, 0) is 0 Å². The smallest absolute Gasteiger partial charge is 0.345 e. The molecule has 0 atom stereocenters. The number of hydrogen-bond acceptors (Lipinski definition) is 4. The molecule has 1 aromatic heterocycles. The molecule has 0 bridgehead atoms. The van der Waals surface area contributed by atoms with E-state index in [4.69, 9.17) is 4.74 Å². The molecule has 160 valence electrons.